The lowest BCUT2D eigenvalue weighted by molar-refractivity contribution is -0.132. The van der Waals surface area contributed by atoms with Crippen molar-refractivity contribution in [2.24, 2.45) is 0 Å². The van der Waals surface area contributed by atoms with E-state index < -0.39 is 53.7 Å². The van der Waals surface area contributed by atoms with Crippen molar-refractivity contribution >= 4 is 23.6 Å². The van der Waals surface area contributed by atoms with Gasteiger partial charge in [-0.15, -0.1) is 0 Å². The Bertz CT molecular complexity index is 1350. The van der Waals surface area contributed by atoms with Gasteiger partial charge in [0.25, 0.3) is 11.8 Å². The average Bonchev–Trinajstić information content (AvgIpc) is 2.95. The molecule has 0 bridgehead atoms. The summed E-state index contributed by atoms with van der Waals surface area (Å²) in [5.41, 5.74) is 2.42. The number of fused-ring (bicyclic) bond motifs is 3. The monoisotopic (exact) mass is 497 g/mol. The fourth-order valence-corrected chi connectivity index (χ4v) is 3.99. The standard InChI is InChI=1S/C26H22F3N3O4/c1-14(36-26(35)30-13-15-11-16(27)12-20(28)22(15)29)24(33)31-23-19-9-4-3-7-17(19)18-8-5-6-10-21(18)32(2)25(23)34/h3-12,14,23H,13H2,1-2H3,(H,30,35)(H,31,33)/t14?,23-/m0/s1. The molecule has 0 spiro atoms. The summed E-state index contributed by atoms with van der Waals surface area (Å²) in [6.07, 6.45) is -2.45. The first kappa shape index (κ1) is 24.8. The van der Waals surface area contributed by atoms with E-state index in [1.165, 1.54) is 11.8 Å². The number of anilines is 1. The van der Waals surface area contributed by atoms with Crippen molar-refractivity contribution in [2.45, 2.75) is 25.6 Å². The van der Waals surface area contributed by atoms with Crippen LogP contribution >= 0.6 is 0 Å². The number of likely N-dealkylation sites (N-methyl/N-ethyl adjacent to an activating group) is 1. The fraction of sp³-hybridized carbons (Fsp3) is 0.192. The van der Waals surface area contributed by atoms with Crippen LogP contribution in [0.25, 0.3) is 11.1 Å². The minimum absolute atomic E-state index is 0.381. The second-order valence-corrected chi connectivity index (χ2v) is 8.21. The van der Waals surface area contributed by atoms with Crippen molar-refractivity contribution < 1.29 is 32.3 Å². The number of rotatable bonds is 5. The van der Waals surface area contributed by atoms with E-state index in [2.05, 4.69) is 10.6 Å². The van der Waals surface area contributed by atoms with Crippen molar-refractivity contribution in [3.63, 3.8) is 0 Å². The van der Waals surface area contributed by atoms with Crippen molar-refractivity contribution in [2.75, 3.05) is 11.9 Å². The Morgan fingerprint density at radius 2 is 1.69 bits per heavy atom. The van der Waals surface area contributed by atoms with Crippen LogP contribution in [0.3, 0.4) is 0 Å². The molecule has 1 aliphatic heterocycles. The number of carbonyl (C=O) groups is 3. The number of ether oxygens (including phenoxy) is 1. The molecule has 36 heavy (non-hydrogen) atoms. The molecule has 0 saturated carbocycles. The predicted octanol–water partition coefficient (Wildman–Crippen LogP) is 4.22. The molecule has 3 aromatic rings. The van der Waals surface area contributed by atoms with E-state index in [0.29, 0.717) is 17.3 Å². The highest BCUT2D eigenvalue weighted by Gasteiger charge is 2.34. The SMILES string of the molecule is CC(OC(=O)NCc1cc(F)cc(F)c1F)C(=O)N[C@@H]1C(=O)N(C)c2ccccc2-c2ccccc21. The van der Waals surface area contributed by atoms with Crippen LogP contribution in [0.15, 0.2) is 60.7 Å². The molecule has 186 valence electrons. The van der Waals surface area contributed by atoms with Crippen molar-refractivity contribution in [3.05, 3.63) is 89.2 Å². The number of amides is 3. The Kier molecular flexibility index (Phi) is 6.96. The minimum Gasteiger partial charge on any atom is -0.436 e. The maximum absolute atomic E-state index is 13.8. The summed E-state index contributed by atoms with van der Waals surface area (Å²) < 4.78 is 45.5. The van der Waals surface area contributed by atoms with E-state index in [1.807, 2.05) is 30.3 Å². The number of hydrogen-bond donors (Lipinski definition) is 2. The van der Waals surface area contributed by atoms with Crippen LogP contribution in [-0.4, -0.2) is 31.1 Å². The zero-order valence-corrected chi connectivity index (χ0v) is 19.3. The van der Waals surface area contributed by atoms with E-state index in [0.717, 1.165) is 17.2 Å². The van der Waals surface area contributed by atoms with E-state index in [4.69, 9.17) is 4.74 Å². The molecule has 0 aliphatic carbocycles. The quantitative estimate of drug-likeness (QED) is 0.517. The summed E-state index contributed by atoms with van der Waals surface area (Å²) >= 11 is 0. The number of para-hydroxylation sites is 1. The molecule has 1 aliphatic rings. The van der Waals surface area contributed by atoms with Crippen molar-refractivity contribution in [1.29, 1.82) is 0 Å². The van der Waals surface area contributed by atoms with E-state index >= 15 is 0 Å². The molecule has 0 fully saturated rings. The zero-order valence-electron chi connectivity index (χ0n) is 19.3. The Morgan fingerprint density at radius 3 is 2.44 bits per heavy atom. The van der Waals surface area contributed by atoms with Gasteiger partial charge < -0.3 is 20.3 Å². The summed E-state index contributed by atoms with van der Waals surface area (Å²) in [4.78, 5) is 39.7. The number of nitrogens with one attached hydrogen (secondary N) is 2. The smallest absolute Gasteiger partial charge is 0.408 e. The maximum atomic E-state index is 13.8. The lowest BCUT2D eigenvalue weighted by Crippen LogP contribution is -2.45. The first-order chi connectivity index (χ1) is 17.2. The molecule has 0 radical (unpaired) electrons. The Balaban J connectivity index is 1.46. The molecule has 10 heteroatoms. The molecule has 1 unspecified atom stereocenters. The van der Waals surface area contributed by atoms with Gasteiger partial charge in [0.15, 0.2) is 17.7 Å². The highest BCUT2D eigenvalue weighted by molar-refractivity contribution is 6.06. The third-order valence-electron chi connectivity index (χ3n) is 5.84. The van der Waals surface area contributed by atoms with Gasteiger partial charge in [0.05, 0.1) is 5.69 Å². The fourth-order valence-electron chi connectivity index (χ4n) is 3.99. The second-order valence-electron chi connectivity index (χ2n) is 8.21. The first-order valence-electron chi connectivity index (χ1n) is 11.0. The summed E-state index contributed by atoms with van der Waals surface area (Å²) in [7, 11) is 1.61. The van der Waals surface area contributed by atoms with E-state index in [1.54, 1.807) is 25.2 Å². The van der Waals surface area contributed by atoms with Gasteiger partial charge in [-0.05, 0) is 30.2 Å². The topological polar surface area (TPSA) is 87.7 Å². The second kappa shape index (κ2) is 10.1. The Hall–Kier alpha value is -4.34. The van der Waals surface area contributed by atoms with Crippen molar-refractivity contribution in [3.8, 4) is 11.1 Å². The third-order valence-corrected chi connectivity index (χ3v) is 5.84. The number of alkyl carbamates (subject to hydrolysis) is 1. The van der Waals surface area contributed by atoms with Gasteiger partial charge in [0.1, 0.15) is 11.9 Å². The van der Waals surface area contributed by atoms with Crippen LogP contribution < -0.4 is 15.5 Å². The predicted molar refractivity (Wildman–Crippen MR) is 125 cm³/mol. The van der Waals surface area contributed by atoms with Crippen LogP contribution in [0.1, 0.15) is 24.1 Å². The number of hydrogen-bond acceptors (Lipinski definition) is 4. The van der Waals surface area contributed by atoms with Gasteiger partial charge in [-0.1, -0.05) is 42.5 Å². The Morgan fingerprint density at radius 1 is 1.03 bits per heavy atom. The molecule has 2 N–H and O–H groups in total. The highest BCUT2D eigenvalue weighted by atomic mass is 19.2. The summed E-state index contributed by atoms with van der Waals surface area (Å²) in [6, 6.07) is 14.6. The summed E-state index contributed by atoms with van der Waals surface area (Å²) in [6.45, 7) is 0.730. The Labute approximate surface area is 204 Å². The lowest BCUT2D eigenvalue weighted by Gasteiger charge is -2.24. The van der Waals surface area contributed by atoms with Gasteiger partial charge in [0, 0.05) is 30.8 Å². The minimum atomic E-state index is -1.40. The first-order valence-corrected chi connectivity index (χ1v) is 11.0. The summed E-state index contributed by atoms with van der Waals surface area (Å²) in [5.74, 6) is -4.85. The van der Waals surface area contributed by atoms with Gasteiger partial charge >= 0.3 is 6.09 Å². The van der Waals surface area contributed by atoms with Gasteiger partial charge in [0.2, 0.25) is 0 Å². The van der Waals surface area contributed by atoms with Crippen LogP contribution in [0, 0.1) is 17.5 Å². The van der Waals surface area contributed by atoms with Crippen LogP contribution in [-0.2, 0) is 20.9 Å². The van der Waals surface area contributed by atoms with E-state index in [-0.39, 0.29) is 5.91 Å². The highest BCUT2D eigenvalue weighted by Crippen LogP contribution is 2.39. The molecule has 0 aromatic heterocycles. The number of carbonyl (C=O) groups excluding carboxylic acids is 3. The van der Waals surface area contributed by atoms with Gasteiger partial charge in [-0.3, -0.25) is 9.59 Å². The van der Waals surface area contributed by atoms with Gasteiger partial charge in [-0.25, -0.2) is 18.0 Å². The largest absolute Gasteiger partial charge is 0.436 e. The van der Waals surface area contributed by atoms with Gasteiger partial charge in [-0.2, -0.15) is 0 Å². The van der Waals surface area contributed by atoms with Crippen LogP contribution in [0.5, 0.6) is 0 Å². The zero-order chi connectivity index (χ0) is 26.0. The normalized spacial score (nSPS) is 15.3. The van der Waals surface area contributed by atoms with Crippen molar-refractivity contribution in [1.82, 2.24) is 10.6 Å². The maximum Gasteiger partial charge on any atom is 0.408 e. The molecule has 3 amide bonds. The van der Waals surface area contributed by atoms with E-state index in [9.17, 15) is 27.6 Å². The summed E-state index contributed by atoms with van der Waals surface area (Å²) in [5, 5.41) is 4.79. The number of nitrogens with zero attached hydrogens (tertiary/aromatic N) is 1. The lowest BCUT2D eigenvalue weighted by atomic mass is 9.95. The number of halogens is 3. The molecule has 0 saturated heterocycles. The molecule has 3 aromatic carbocycles. The van der Waals surface area contributed by atoms with Crippen LogP contribution in [0.2, 0.25) is 0 Å². The number of benzene rings is 3. The molecular weight excluding hydrogens is 475 g/mol. The van der Waals surface area contributed by atoms with Crippen LogP contribution in [0.4, 0.5) is 23.7 Å². The molecule has 4 rings (SSSR count). The molecule has 7 nitrogen and oxygen atoms in total. The average molecular weight is 497 g/mol. The molecule has 1 heterocycles. The molecular formula is C26H22F3N3O4. The molecule has 2 atom stereocenters. The third kappa shape index (κ3) is 4.88.